The molecule has 0 spiro atoms. The zero-order valence-corrected chi connectivity index (χ0v) is 18.1. The molecule has 2 aromatic heterocycles. The molecule has 0 saturated heterocycles. The third kappa shape index (κ3) is 4.80. The van der Waals surface area contributed by atoms with Crippen molar-refractivity contribution in [2.45, 2.75) is 26.8 Å². The minimum Gasteiger partial charge on any atom is -0.344 e. The Hall–Kier alpha value is -3.33. The van der Waals surface area contributed by atoms with Gasteiger partial charge in [-0.1, -0.05) is 42.5 Å². The number of benzene rings is 1. The number of thiazole rings is 1. The van der Waals surface area contributed by atoms with Crippen LogP contribution in [0.5, 0.6) is 0 Å². The van der Waals surface area contributed by atoms with Crippen LogP contribution in [0.3, 0.4) is 0 Å². The second-order valence-corrected chi connectivity index (χ2v) is 7.95. The molecule has 0 aliphatic rings. The van der Waals surface area contributed by atoms with Crippen molar-refractivity contribution in [3.8, 4) is 11.3 Å². The summed E-state index contributed by atoms with van der Waals surface area (Å²) in [6.45, 7) is 3.53. The maximum absolute atomic E-state index is 12.5. The summed E-state index contributed by atoms with van der Waals surface area (Å²) >= 11 is 1.10. The highest BCUT2D eigenvalue weighted by Gasteiger charge is 2.18. The molecule has 1 N–H and O–H groups in total. The molecule has 3 rings (SSSR count). The molecule has 30 heavy (non-hydrogen) atoms. The maximum Gasteiger partial charge on any atom is 0.267 e. The zero-order valence-electron chi connectivity index (χ0n) is 17.3. The van der Waals surface area contributed by atoms with Crippen molar-refractivity contribution in [1.29, 1.82) is 0 Å². The van der Waals surface area contributed by atoms with E-state index in [9.17, 15) is 14.4 Å². The number of carbonyl (C=O) groups is 2. The fraction of sp³-hybridized carbons (Fsp3) is 0.286. The highest BCUT2D eigenvalue weighted by Crippen LogP contribution is 2.23. The third-order valence-corrected chi connectivity index (χ3v) is 5.52. The van der Waals surface area contributed by atoms with E-state index >= 15 is 0 Å². The van der Waals surface area contributed by atoms with Gasteiger partial charge in [-0.15, -0.1) is 0 Å². The Morgan fingerprint density at radius 3 is 2.47 bits per heavy atom. The second-order valence-electron chi connectivity index (χ2n) is 6.95. The molecule has 2 amide bonds. The number of aromatic nitrogens is 3. The third-order valence-electron chi connectivity index (χ3n) is 4.46. The Labute approximate surface area is 178 Å². The van der Waals surface area contributed by atoms with Crippen molar-refractivity contribution in [1.82, 2.24) is 19.7 Å². The summed E-state index contributed by atoms with van der Waals surface area (Å²) in [6, 6.07) is 10.9. The molecule has 9 heteroatoms. The molecule has 0 saturated carbocycles. The number of nitrogens with zero attached hydrogens (tertiary/aromatic N) is 4. The predicted octanol–water partition coefficient (Wildman–Crippen LogP) is 2.58. The van der Waals surface area contributed by atoms with Gasteiger partial charge in [0, 0.05) is 25.7 Å². The van der Waals surface area contributed by atoms with E-state index in [0.29, 0.717) is 21.4 Å². The van der Waals surface area contributed by atoms with Gasteiger partial charge in [-0.25, -0.2) is 9.67 Å². The second kappa shape index (κ2) is 9.00. The quantitative estimate of drug-likeness (QED) is 0.655. The minimum atomic E-state index is -0.444. The molecule has 0 radical (unpaired) electrons. The summed E-state index contributed by atoms with van der Waals surface area (Å²) in [7, 11) is 3.31. The molecular weight excluding hydrogens is 402 g/mol. The number of rotatable bonds is 6. The number of hydrogen-bond acceptors (Lipinski definition) is 6. The first-order valence-electron chi connectivity index (χ1n) is 9.45. The van der Waals surface area contributed by atoms with E-state index < -0.39 is 5.91 Å². The topological polar surface area (TPSA) is 97.2 Å². The fourth-order valence-electron chi connectivity index (χ4n) is 2.77. The lowest BCUT2D eigenvalue weighted by Crippen LogP contribution is -2.29. The number of amides is 2. The van der Waals surface area contributed by atoms with Gasteiger partial charge in [0.05, 0.1) is 11.4 Å². The van der Waals surface area contributed by atoms with Crippen LogP contribution in [-0.4, -0.2) is 45.6 Å². The number of anilines is 1. The molecule has 1 aromatic carbocycles. The van der Waals surface area contributed by atoms with Gasteiger partial charge in [0.1, 0.15) is 11.4 Å². The zero-order chi connectivity index (χ0) is 21.8. The molecule has 8 nitrogen and oxygen atoms in total. The van der Waals surface area contributed by atoms with Gasteiger partial charge in [0.15, 0.2) is 5.13 Å². The summed E-state index contributed by atoms with van der Waals surface area (Å²) in [5, 5.41) is 7.27. The highest BCUT2D eigenvalue weighted by molar-refractivity contribution is 7.17. The van der Waals surface area contributed by atoms with Crippen LogP contribution in [0.4, 0.5) is 5.13 Å². The summed E-state index contributed by atoms with van der Waals surface area (Å²) in [6.07, 6.45) is 0.936. The Morgan fingerprint density at radius 1 is 1.13 bits per heavy atom. The first kappa shape index (κ1) is 21.4. The first-order chi connectivity index (χ1) is 14.3. The Bertz CT molecular complexity index is 1130. The molecule has 0 aliphatic heterocycles. The van der Waals surface area contributed by atoms with Gasteiger partial charge in [0.2, 0.25) is 5.91 Å². The smallest absolute Gasteiger partial charge is 0.267 e. The molecule has 0 fully saturated rings. The van der Waals surface area contributed by atoms with Crippen molar-refractivity contribution < 1.29 is 9.59 Å². The van der Waals surface area contributed by atoms with Gasteiger partial charge in [-0.3, -0.25) is 14.4 Å². The van der Waals surface area contributed by atoms with Crippen molar-refractivity contribution in [3.63, 3.8) is 0 Å². The molecular formula is C21H23N5O3S. The molecule has 0 aliphatic carbocycles. The average Bonchev–Trinajstić information content (AvgIpc) is 3.08. The molecule has 3 aromatic rings. The Balaban J connectivity index is 1.76. The van der Waals surface area contributed by atoms with Gasteiger partial charge in [0.25, 0.3) is 11.5 Å². The molecule has 156 valence electrons. The summed E-state index contributed by atoms with van der Waals surface area (Å²) in [5.41, 5.74) is 2.84. The van der Waals surface area contributed by atoms with Crippen LogP contribution in [0.15, 0.2) is 41.2 Å². The summed E-state index contributed by atoms with van der Waals surface area (Å²) in [5.74, 6) is -0.620. The first-order valence-corrected chi connectivity index (χ1v) is 10.3. The van der Waals surface area contributed by atoms with Crippen molar-refractivity contribution in [2.24, 2.45) is 0 Å². The van der Waals surface area contributed by atoms with Gasteiger partial charge >= 0.3 is 0 Å². The van der Waals surface area contributed by atoms with E-state index in [2.05, 4.69) is 22.3 Å². The molecule has 0 unspecified atom stereocenters. The SMILES string of the molecule is CCc1ccc(-c2ccc(=O)n(CC(=O)Nc3nc(C)c(C(=O)N(C)C)s3)n2)cc1. The van der Waals surface area contributed by atoms with E-state index in [1.54, 1.807) is 27.1 Å². The lowest BCUT2D eigenvalue weighted by molar-refractivity contribution is -0.117. The molecule has 2 heterocycles. The van der Waals surface area contributed by atoms with E-state index in [1.165, 1.54) is 16.5 Å². The number of carbonyl (C=O) groups excluding carboxylic acids is 2. The molecule has 0 bridgehead atoms. The van der Waals surface area contributed by atoms with Crippen molar-refractivity contribution in [3.05, 3.63) is 62.9 Å². The van der Waals surface area contributed by atoms with Crippen LogP contribution in [0.25, 0.3) is 11.3 Å². The van der Waals surface area contributed by atoms with Crippen LogP contribution in [-0.2, 0) is 17.8 Å². The van der Waals surface area contributed by atoms with Crippen LogP contribution in [0, 0.1) is 6.92 Å². The largest absolute Gasteiger partial charge is 0.344 e. The average molecular weight is 426 g/mol. The van der Waals surface area contributed by atoms with Crippen LogP contribution in [0.1, 0.15) is 27.9 Å². The van der Waals surface area contributed by atoms with Crippen molar-refractivity contribution >= 4 is 28.3 Å². The normalized spacial score (nSPS) is 10.7. The summed E-state index contributed by atoms with van der Waals surface area (Å²) < 4.78 is 1.12. The van der Waals surface area contributed by atoms with Crippen LogP contribution >= 0.6 is 11.3 Å². The van der Waals surface area contributed by atoms with E-state index in [0.717, 1.165) is 28.0 Å². The van der Waals surface area contributed by atoms with E-state index in [4.69, 9.17) is 0 Å². The number of hydrogen-bond donors (Lipinski definition) is 1. The number of aryl methyl sites for hydroxylation is 2. The van der Waals surface area contributed by atoms with Crippen molar-refractivity contribution in [2.75, 3.05) is 19.4 Å². The number of nitrogens with one attached hydrogen (secondary N) is 1. The monoisotopic (exact) mass is 425 g/mol. The Kier molecular flexibility index (Phi) is 6.41. The van der Waals surface area contributed by atoms with Gasteiger partial charge < -0.3 is 10.2 Å². The van der Waals surface area contributed by atoms with Gasteiger partial charge in [-0.2, -0.15) is 5.10 Å². The van der Waals surface area contributed by atoms with Crippen LogP contribution < -0.4 is 10.9 Å². The minimum absolute atomic E-state index is 0.176. The molecule has 0 atom stereocenters. The van der Waals surface area contributed by atoms with Crippen LogP contribution in [0.2, 0.25) is 0 Å². The summed E-state index contributed by atoms with van der Waals surface area (Å²) in [4.78, 5) is 42.9. The Morgan fingerprint density at radius 2 is 1.83 bits per heavy atom. The highest BCUT2D eigenvalue weighted by atomic mass is 32.1. The van der Waals surface area contributed by atoms with Gasteiger partial charge in [-0.05, 0) is 25.0 Å². The predicted molar refractivity (Wildman–Crippen MR) is 117 cm³/mol. The fourth-order valence-corrected chi connectivity index (χ4v) is 3.78. The van der Waals surface area contributed by atoms with E-state index in [-0.39, 0.29) is 18.0 Å². The van der Waals surface area contributed by atoms with E-state index in [1.807, 2.05) is 24.3 Å². The lowest BCUT2D eigenvalue weighted by Gasteiger charge is -2.08. The standard InChI is InChI=1S/C21H23N5O3S/c1-5-14-6-8-15(9-7-14)16-10-11-18(28)26(24-16)12-17(27)23-21-22-13(2)19(30-21)20(29)25(3)4/h6-11H,5,12H2,1-4H3,(H,22,23,27). The lowest BCUT2D eigenvalue weighted by atomic mass is 10.1. The maximum atomic E-state index is 12.5.